The first-order valence-corrected chi connectivity index (χ1v) is 4.16. The van der Waals surface area contributed by atoms with E-state index in [1.807, 2.05) is 0 Å². The molecule has 2 heteroatoms. The SMILES string of the molecule is C#CC1=CC(C#C)(C(=O)O)CC(C#C)=C1. The van der Waals surface area contributed by atoms with E-state index < -0.39 is 11.4 Å². The maximum atomic E-state index is 11.1. The van der Waals surface area contributed by atoms with Crippen LogP contribution < -0.4 is 0 Å². The van der Waals surface area contributed by atoms with E-state index in [0.717, 1.165) is 0 Å². The van der Waals surface area contributed by atoms with Gasteiger partial charge in [0.15, 0.2) is 5.41 Å². The van der Waals surface area contributed by atoms with Gasteiger partial charge in [0.2, 0.25) is 0 Å². The van der Waals surface area contributed by atoms with Crippen LogP contribution in [0.5, 0.6) is 0 Å². The third-order valence-electron chi connectivity index (χ3n) is 2.19. The van der Waals surface area contributed by atoms with Crippen LogP contribution in [0.4, 0.5) is 0 Å². The third-order valence-corrected chi connectivity index (χ3v) is 2.19. The summed E-state index contributed by atoms with van der Waals surface area (Å²) in [6.07, 6.45) is 18.7. The molecule has 15 heavy (non-hydrogen) atoms. The Hall–Kier alpha value is -2.37. The van der Waals surface area contributed by atoms with Crippen LogP contribution in [-0.2, 0) is 4.79 Å². The summed E-state index contributed by atoms with van der Waals surface area (Å²) in [6, 6.07) is 0. The number of carbonyl (C=O) groups is 1. The Morgan fingerprint density at radius 2 is 2.07 bits per heavy atom. The molecule has 0 saturated heterocycles. The summed E-state index contributed by atoms with van der Waals surface area (Å²) < 4.78 is 0. The largest absolute Gasteiger partial charge is 0.480 e. The lowest BCUT2D eigenvalue weighted by Crippen LogP contribution is -2.29. The van der Waals surface area contributed by atoms with Crippen LogP contribution in [0, 0.1) is 42.4 Å². The molecule has 2 nitrogen and oxygen atoms in total. The molecule has 0 amide bonds. The van der Waals surface area contributed by atoms with Crippen molar-refractivity contribution in [2.45, 2.75) is 6.42 Å². The van der Waals surface area contributed by atoms with E-state index in [2.05, 4.69) is 17.8 Å². The standard InChI is InChI=1S/C13H8O2/c1-4-10-7-11(5-2)9-13(6-3,8-10)12(14)15/h1-3,7-8H,9H2,(H,14,15). The molecule has 0 aromatic heterocycles. The number of rotatable bonds is 1. The number of carboxylic acid groups (broad SMARTS) is 1. The lowest BCUT2D eigenvalue weighted by atomic mass is 9.77. The van der Waals surface area contributed by atoms with Crippen molar-refractivity contribution in [3.8, 4) is 37.0 Å². The molecule has 1 N–H and O–H groups in total. The highest BCUT2D eigenvalue weighted by Crippen LogP contribution is 2.33. The quantitative estimate of drug-likeness (QED) is 0.640. The minimum absolute atomic E-state index is 0.112. The molecular formula is C13H8O2. The first-order valence-electron chi connectivity index (χ1n) is 4.16. The van der Waals surface area contributed by atoms with Crippen molar-refractivity contribution < 1.29 is 9.90 Å². The molecular weight excluding hydrogens is 188 g/mol. The van der Waals surface area contributed by atoms with E-state index in [-0.39, 0.29) is 6.42 Å². The second-order valence-corrected chi connectivity index (χ2v) is 3.16. The second-order valence-electron chi connectivity index (χ2n) is 3.16. The van der Waals surface area contributed by atoms with Gasteiger partial charge in [0.1, 0.15) is 0 Å². The summed E-state index contributed by atoms with van der Waals surface area (Å²) >= 11 is 0. The smallest absolute Gasteiger partial charge is 0.326 e. The molecule has 1 aliphatic carbocycles. The van der Waals surface area contributed by atoms with Gasteiger partial charge in [0.05, 0.1) is 0 Å². The fourth-order valence-corrected chi connectivity index (χ4v) is 1.37. The summed E-state index contributed by atoms with van der Waals surface area (Å²) in [6.45, 7) is 0. The van der Waals surface area contributed by atoms with E-state index in [9.17, 15) is 4.79 Å². The Morgan fingerprint density at radius 1 is 1.40 bits per heavy atom. The van der Waals surface area contributed by atoms with Crippen LogP contribution in [0.3, 0.4) is 0 Å². The molecule has 0 saturated carbocycles. The van der Waals surface area contributed by atoms with E-state index in [4.69, 9.17) is 24.4 Å². The van der Waals surface area contributed by atoms with Crippen LogP contribution in [0.25, 0.3) is 0 Å². The van der Waals surface area contributed by atoms with Gasteiger partial charge in [-0.25, -0.2) is 0 Å². The van der Waals surface area contributed by atoms with Crippen molar-refractivity contribution in [3.05, 3.63) is 23.3 Å². The zero-order valence-electron chi connectivity index (χ0n) is 7.95. The predicted octanol–water partition coefficient (Wildman–Crippen LogP) is 1.21. The molecule has 72 valence electrons. The zero-order valence-corrected chi connectivity index (χ0v) is 7.95. The van der Waals surface area contributed by atoms with Crippen molar-refractivity contribution in [1.82, 2.24) is 0 Å². The zero-order chi connectivity index (χ0) is 11.5. The van der Waals surface area contributed by atoms with Gasteiger partial charge in [-0.2, -0.15) is 0 Å². The van der Waals surface area contributed by atoms with Gasteiger partial charge < -0.3 is 5.11 Å². The minimum Gasteiger partial charge on any atom is -0.480 e. The molecule has 0 aromatic rings. The lowest BCUT2D eigenvalue weighted by Gasteiger charge is -2.23. The normalized spacial score (nSPS) is 23.8. The summed E-state index contributed by atoms with van der Waals surface area (Å²) in [5.41, 5.74) is -0.488. The van der Waals surface area contributed by atoms with Crippen LogP contribution in [0.2, 0.25) is 0 Å². The van der Waals surface area contributed by atoms with Crippen LogP contribution in [0.15, 0.2) is 23.3 Å². The topological polar surface area (TPSA) is 37.3 Å². The molecule has 0 spiro atoms. The molecule has 0 bridgehead atoms. The Morgan fingerprint density at radius 3 is 2.47 bits per heavy atom. The van der Waals surface area contributed by atoms with E-state index >= 15 is 0 Å². The summed E-state index contributed by atoms with van der Waals surface area (Å²) in [4.78, 5) is 11.1. The maximum Gasteiger partial charge on any atom is 0.326 e. The fraction of sp³-hybridized carbons (Fsp3) is 0.154. The molecule has 1 unspecified atom stereocenters. The molecule has 0 fully saturated rings. The number of hydrogen-bond acceptors (Lipinski definition) is 1. The van der Waals surface area contributed by atoms with Crippen molar-refractivity contribution in [1.29, 1.82) is 0 Å². The Kier molecular flexibility index (Phi) is 2.70. The number of aliphatic carboxylic acids is 1. The van der Waals surface area contributed by atoms with Crippen LogP contribution in [-0.4, -0.2) is 11.1 Å². The molecule has 1 aliphatic rings. The summed E-state index contributed by atoms with van der Waals surface area (Å²) in [7, 11) is 0. The Labute approximate surface area is 88.7 Å². The predicted molar refractivity (Wildman–Crippen MR) is 57.4 cm³/mol. The fourth-order valence-electron chi connectivity index (χ4n) is 1.37. The number of hydrogen-bond donors (Lipinski definition) is 1. The van der Waals surface area contributed by atoms with Crippen molar-refractivity contribution >= 4 is 5.97 Å². The van der Waals surface area contributed by atoms with E-state index in [1.54, 1.807) is 6.08 Å². The van der Waals surface area contributed by atoms with Gasteiger partial charge in [-0.1, -0.05) is 17.8 Å². The summed E-state index contributed by atoms with van der Waals surface area (Å²) in [5.74, 6) is 5.85. The van der Waals surface area contributed by atoms with Gasteiger partial charge in [-0.05, 0) is 12.2 Å². The van der Waals surface area contributed by atoms with Crippen molar-refractivity contribution in [2.75, 3.05) is 0 Å². The highest BCUT2D eigenvalue weighted by molar-refractivity contribution is 5.83. The van der Waals surface area contributed by atoms with Gasteiger partial charge in [0.25, 0.3) is 0 Å². The molecule has 1 atom stereocenters. The monoisotopic (exact) mass is 196 g/mol. The summed E-state index contributed by atoms with van der Waals surface area (Å²) in [5, 5.41) is 9.06. The molecule has 0 radical (unpaired) electrons. The van der Waals surface area contributed by atoms with E-state index in [1.165, 1.54) is 6.08 Å². The van der Waals surface area contributed by atoms with Crippen molar-refractivity contribution in [2.24, 2.45) is 5.41 Å². The third kappa shape index (κ3) is 1.78. The molecule has 0 aromatic carbocycles. The van der Waals surface area contributed by atoms with E-state index in [0.29, 0.717) is 11.1 Å². The van der Waals surface area contributed by atoms with Gasteiger partial charge in [-0.3, -0.25) is 4.79 Å². The van der Waals surface area contributed by atoms with Crippen LogP contribution >= 0.6 is 0 Å². The highest BCUT2D eigenvalue weighted by atomic mass is 16.4. The minimum atomic E-state index is -1.40. The molecule has 0 heterocycles. The first kappa shape index (κ1) is 10.7. The van der Waals surface area contributed by atoms with Crippen LogP contribution in [0.1, 0.15) is 6.42 Å². The average Bonchev–Trinajstić information content (AvgIpc) is 2.27. The van der Waals surface area contributed by atoms with Gasteiger partial charge in [-0.15, -0.1) is 19.3 Å². The Bertz CT molecular complexity index is 486. The second kappa shape index (κ2) is 3.79. The van der Waals surface area contributed by atoms with Gasteiger partial charge >= 0.3 is 5.97 Å². The first-order chi connectivity index (χ1) is 7.07. The maximum absolute atomic E-state index is 11.1. The molecule has 1 rings (SSSR count). The highest BCUT2D eigenvalue weighted by Gasteiger charge is 2.37. The van der Waals surface area contributed by atoms with Gasteiger partial charge in [0, 0.05) is 17.6 Å². The number of carboxylic acids is 1. The molecule has 0 aliphatic heterocycles. The Balaban J connectivity index is 3.32. The average molecular weight is 196 g/mol. The number of terminal acetylenes is 3. The number of allylic oxidation sites excluding steroid dienone is 3. The lowest BCUT2D eigenvalue weighted by molar-refractivity contribution is -0.143. The van der Waals surface area contributed by atoms with Crippen molar-refractivity contribution in [3.63, 3.8) is 0 Å².